The van der Waals surface area contributed by atoms with Crippen LogP contribution in [0.2, 0.25) is 0 Å². The van der Waals surface area contributed by atoms with Crippen LogP contribution >= 0.6 is 0 Å². The van der Waals surface area contributed by atoms with Crippen LogP contribution in [0.3, 0.4) is 0 Å². The van der Waals surface area contributed by atoms with E-state index < -0.39 is 0 Å². The Hall–Kier alpha value is -2.05. The summed E-state index contributed by atoms with van der Waals surface area (Å²) < 4.78 is 7.58. The summed E-state index contributed by atoms with van der Waals surface area (Å²) in [5, 5.41) is 16.6. The van der Waals surface area contributed by atoms with E-state index in [0.717, 1.165) is 25.3 Å². The summed E-state index contributed by atoms with van der Waals surface area (Å²) in [5.74, 6) is 0. The van der Waals surface area contributed by atoms with Crippen LogP contribution < -0.4 is 10.2 Å². The number of aromatic nitrogens is 2. The van der Waals surface area contributed by atoms with Crippen molar-refractivity contribution in [2.45, 2.75) is 39.1 Å². The van der Waals surface area contributed by atoms with Crippen molar-refractivity contribution in [3.05, 3.63) is 42.2 Å². The molecule has 1 aromatic carbocycles. The lowest BCUT2D eigenvalue weighted by atomic mass is 10.1. The van der Waals surface area contributed by atoms with E-state index in [-0.39, 0.29) is 18.8 Å². The summed E-state index contributed by atoms with van der Waals surface area (Å²) in [6.45, 7) is 7.42. The number of aliphatic hydroxyl groups is 1. The third-order valence-electron chi connectivity index (χ3n) is 4.20. The summed E-state index contributed by atoms with van der Waals surface area (Å²) >= 11 is 0. The zero-order valence-electron chi connectivity index (χ0n) is 14.4. The Bertz CT molecular complexity index is 648. The number of aliphatic hydroxyl groups excluding tert-OH is 1. The number of rotatable bonds is 6. The fraction of sp³-hybridized carbons (Fsp3) is 0.500. The average molecular weight is 330 g/mol. The van der Waals surface area contributed by atoms with Crippen LogP contribution in [0.15, 0.2) is 36.7 Å². The highest BCUT2D eigenvalue weighted by Crippen LogP contribution is 2.25. The number of ether oxygens (including phenoxy) is 1. The van der Waals surface area contributed by atoms with E-state index in [2.05, 4.69) is 53.4 Å². The van der Waals surface area contributed by atoms with E-state index in [0.29, 0.717) is 6.54 Å². The molecule has 0 aliphatic carbocycles. The zero-order valence-corrected chi connectivity index (χ0v) is 14.4. The van der Waals surface area contributed by atoms with Crippen molar-refractivity contribution in [1.29, 1.82) is 0 Å². The molecule has 1 aliphatic heterocycles. The number of hydrogen-bond acceptors (Lipinski definition) is 5. The predicted octanol–water partition coefficient (Wildman–Crippen LogP) is 2.10. The van der Waals surface area contributed by atoms with E-state index in [1.165, 1.54) is 11.3 Å². The average Bonchev–Trinajstić information content (AvgIpc) is 3.00. The van der Waals surface area contributed by atoms with Gasteiger partial charge >= 0.3 is 0 Å². The Morgan fingerprint density at radius 2 is 2.00 bits per heavy atom. The van der Waals surface area contributed by atoms with Crippen molar-refractivity contribution in [1.82, 2.24) is 9.78 Å². The maximum absolute atomic E-state index is 8.96. The largest absolute Gasteiger partial charge is 0.394 e. The Morgan fingerprint density at radius 1 is 1.25 bits per heavy atom. The molecule has 1 aromatic heterocycles. The summed E-state index contributed by atoms with van der Waals surface area (Å²) in [6, 6.07) is 8.49. The van der Waals surface area contributed by atoms with Crippen LogP contribution in [0, 0.1) is 0 Å². The number of nitrogens with zero attached hydrogens (tertiary/aromatic N) is 3. The Morgan fingerprint density at radius 3 is 2.75 bits per heavy atom. The quantitative estimate of drug-likeness (QED) is 0.849. The number of hydrogen-bond donors (Lipinski definition) is 2. The molecule has 6 heteroatoms. The van der Waals surface area contributed by atoms with Crippen LogP contribution in [0.4, 0.5) is 11.4 Å². The first-order chi connectivity index (χ1) is 11.7. The molecule has 1 aliphatic rings. The fourth-order valence-electron chi connectivity index (χ4n) is 3.22. The molecule has 1 fully saturated rings. The van der Waals surface area contributed by atoms with Crippen molar-refractivity contribution in [2.24, 2.45) is 0 Å². The molecule has 2 N–H and O–H groups in total. The predicted molar refractivity (Wildman–Crippen MR) is 95.3 cm³/mol. The number of para-hydroxylation sites is 1. The van der Waals surface area contributed by atoms with Gasteiger partial charge in [0, 0.05) is 31.5 Å². The molecule has 2 unspecified atom stereocenters. The Balaban J connectivity index is 1.69. The van der Waals surface area contributed by atoms with E-state index in [1.807, 2.05) is 6.20 Å². The van der Waals surface area contributed by atoms with Gasteiger partial charge in [-0.2, -0.15) is 5.10 Å². The minimum atomic E-state index is 0.0946. The topological polar surface area (TPSA) is 62.6 Å². The van der Waals surface area contributed by atoms with Crippen LogP contribution in [-0.4, -0.2) is 46.8 Å². The first-order valence-electron chi connectivity index (χ1n) is 8.51. The third kappa shape index (κ3) is 4.07. The first-order valence-corrected chi connectivity index (χ1v) is 8.51. The van der Waals surface area contributed by atoms with Crippen molar-refractivity contribution < 1.29 is 9.84 Å². The third-order valence-corrected chi connectivity index (χ3v) is 4.20. The van der Waals surface area contributed by atoms with Crippen molar-refractivity contribution >= 4 is 11.4 Å². The highest BCUT2D eigenvalue weighted by Gasteiger charge is 2.23. The lowest BCUT2D eigenvalue weighted by Gasteiger charge is -2.37. The van der Waals surface area contributed by atoms with Gasteiger partial charge in [-0.05, 0) is 25.5 Å². The Kier molecular flexibility index (Phi) is 5.37. The lowest BCUT2D eigenvalue weighted by molar-refractivity contribution is -0.00525. The van der Waals surface area contributed by atoms with Gasteiger partial charge in [-0.3, -0.25) is 4.68 Å². The van der Waals surface area contributed by atoms with Crippen LogP contribution in [-0.2, 0) is 17.8 Å². The molecule has 0 spiro atoms. The second kappa shape index (κ2) is 7.68. The molecule has 2 heterocycles. The summed E-state index contributed by atoms with van der Waals surface area (Å²) in [7, 11) is 0. The van der Waals surface area contributed by atoms with Crippen molar-refractivity contribution in [3.63, 3.8) is 0 Å². The van der Waals surface area contributed by atoms with E-state index in [9.17, 15) is 0 Å². The van der Waals surface area contributed by atoms with Crippen LogP contribution in [0.25, 0.3) is 0 Å². The maximum atomic E-state index is 8.96. The molecule has 1 saturated heterocycles. The zero-order chi connectivity index (χ0) is 16.9. The van der Waals surface area contributed by atoms with Gasteiger partial charge in [0.15, 0.2) is 0 Å². The second-order valence-electron chi connectivity index (χ2n) is 6.36. The minimum Gasteiger partial charge on any atom is -0.394 e. The maximum Gasteiger partial charge on any atom is 0.0729 e. The highest BCUT2D eigenvalue weighted by molar-refractivity contribution is 5.55. The van der Waals surface area contributed by atoms with Crippen LogP contribution in [0.1, 0.15) is 19.4 Å². The molecule has 130 valence electrons. The molecule has 0 radical (unpaired) electrons. The Labute approximate surface area is 143 Å². The van der Waals surface area contributed by atoms with E-state index >= 15 is 0 Å². The fourth-order valence-corrected chi connectivity index (χ4v) is 3.22. The molecule has 0 amide bonds. The van der Waals surface area contributed by atoms with Crippen molar-refractivity contribution in [3.8, 4) is 0 Å². The van der Waals surface area contributed by atoms with Gasteiger partial charge in [0.1, 0.15) is 0 Å². The molecule has 24 heavy (non-hydrogen) atoms. The standard InChI is InChI=1S/C18H26N4O2/c1-14-11-21(12-15(2)24-14)18-6-4-3-5-16(18)9-19-17-10-20-22(13-17)7-8-23/h3-6,10,13-15,19,23H,7-9,11-12H2,1-2H3. The van der Waals surface area contributed by atoms with Gasteiger partial charge in [-0.15, -0.1) is 0 Å². The van der Waals surface area contributed by atoms with Gasteiger partial charge < -0.3 is 20.1 Å². The molecular formula is C18H26N4O2. The van der Waals surface area contributed by atoms with E-state index in [4.69, 9.17) is 9.84 Å². The highest BCUT2D eigenvalue weighted by atomic mass is 16.5. The monoisotopic (exact) mass is 330 g/mol. The number of anilines is 2. The van der Waals surface area contributed by atoms with Gasteiger partial charge in [-0.1, -0.05) is 18.2 Å². The molecule has 3 rings (SSSR count). The summed E-state index contributed by atoms with van der Waals surface area (Å²) in [4.78, 5) is 2.41. The molecule has 6 nitrogen and oxygen atoms in total. The first kappa shape index (κ1) is 16.8. The summed E-state index contributed by atoms with van der Waals surface area (Å²) in [6.07, 6.45) is 4.19. The smallest absolute Gasteiger partial charge is 0.0729 e. The summed E-state index contributed by atoms with van der Waals surface area (Å²) in [5.41, 5.74) is 3.48. The van der Waals surface area contributed by atoms with Gasteiger partial charge in [0.2, 0.25) is 0 Å². The minimum absolute atomic E-state index is 0.0946. The normalized spacial score (nSPS) is 21.0. The molecule has 0 bridgehead atoms. The van der Waals surface area contributed by atoms with E-state index in [1.54, 1.807) is 10.9 Å². The lowest BCUT2D eigenvalue weighted by Crippen LogP contribution is -2.45. The molecule has 0 saturated carbocycles. The SMILES string of the molecule is CC1CN(c2ccccc2CNc2cnn(CCO)c2)CC(C)O1. The second-order valence-corrected chi connectivity index (χ2v) is 6.36. The van der Waals surface area contributed by atoms with Crippen molar-refractivity contribution in [2.75, 3.05) is 29.9 Å². The number of morpholine rings is 1. The molecule has 2 aromatic rings. The molecule has 2 atom stereocenters. The molecular weight excluding hydrogens is 304 g/mol. The van der Waals surface area contributed by atoms with Gasteiger partial charge in [0.25, 0.3) is 0 Å². The van der Waals surface area contributed by atoms with Gasteiger partial charge in [-0.25, -0.2) is 0 Å². The van der Waals surface area contributed by atoms with Crippen LogP contribution in [0.5, 0.6) is 0 Å². The number of nitrogens with one attached hydrogen (secondary N) is 1. The number of benzene rings is 1. The van der Waals surface area contributed by atoms with Gasteiger partial charge in [0.05, 0.1) is 37.2 Å².